The van der Waals surface area contributed by atoms with Gasteiger partial charge in [0.25, 0.3) is 0 Å². The average Bonchev–Trinajstić information content (AvgIpc) is 2.23. The van der Waals surface area contributed by atoms with Gasteiger partial charge in [-0.25, -0.2) is 4.39 Å². The van der Waals surface area contributed by atoms with Gasteiger partial charge in [0.15, 0.2) is 0 Å². The monoisotopic (exact) mass is 248 g/mol. The number of halogens is 3. The Bertz CT molecular complexity index is 332. The highest BCUT2D eigenvalue weighted by atomic mass is 35.5. The zero-order chi connectivity index (χ0) is 11.5. The van der Waals surface area contributed by atoms with Crippen LogP contribution in [0.2, 0.25) is 5.02 Å². The Kier molecular flexibility index (Phi) is 4.42. The van der Waals surface area contributed by atoms with Crippen molar-refractivity contribution in [2.24, 2.45) is 5.41 Å². The first-order chi connectivity index (χ1) is 7.00. The second kappa shape index (κ2) is 5.18. The Labute approximate surface area is 100 Å². The second-order valence-electron chi connectivity index (χ2n) is 4.21. The third-order valence-corrected chi connectivity index (χ3v) is 3.68. The van der Waals surface area contributed by atoms with Crippen LogP contribution in [0, 0.1) is 11.2 Å². The summed E-state index contributed by atoms with van der Waals surface area (Å²) < 4.78 is 13.5. The summed E-state index contributed by atoms with van der Waals surface area (Å²) in [6.07, 6.45) is 1.54. The summed E-state index contributed by atoms with van der Waals surface area (Å²) in [6.45, 7) is 4.12. The molecule has 1 unspecified atom stereocenters. The van der Waals surface area contributed by atoms with Crippen LogP contribution in [0.15, 0.2) is 18.2 Å². The van der Waals surface area contributed by atoms with Gasteiger partial charge in [0.2, 0.25) is 0 Å². The molecular weight excluding hydrogens is 234 g/mol. The fraction of sp³-hybridized carbons (Fsp3) is 0.500. The molecule has 1 aromatic rings. The smallest absolute Gasteiger partial charge is 0.126 e. The van der Waals surface area contributed by atoms with Crippen molar-refractivity contribution in [3.8, 4) is 0 Å². The number of alkyl halides is 1. The van der Waals surface area contributed by atoms with Gasteiger partial charge < -0.3 is 0 Å². The van der Waals surface area contributed by atoms with E-state index in [2.05, 4.69) is 13.8 Å². The van der Waals surface area contributed by atoms with E-state index < -0.39 is 0 Å². The molecule has 0 N–H and O–H groups in total. The van der Waals surface area contributed by atoms with Gasteiger partial charge in [-0.3, -0.25) is 0 Å². The largest absolute Gasteiger partial charge is 0.207 e. The van der Waals surface area contributed by atoms with Gasteiger partial charge in [-0.05, 0) is 42.0 Å². The third-order valence-electron chi connectivity index (χ3n) is 2.80. The van der Waals surface area contributed by atoms with Crippen LogP contribution in [-0.2, 0) is 6.42 Å². The predicted molar refractivity (Wildman–Crippen MR) is 64.2 cm³/mol. The van der Waals surface area contributed by atoms with Crippen LogP contribution >= 0.6 is 23.2 Å². The number of benzene rings is 1. The molecule has 0 spiro atoms. The third kappa shape index (κ3) is 3.35. The maximum atomic E-state index is 13.5. The van der Waals surface area contributed by atoms with Crippen molar-refractivity contribution >= 4 is 23.2 Å². The maximum Gasteiger partial charge on any atom is 0.126 e. The number of rotatable bonds is 4. The summed E-state index contributed by atoms with van der Waals surface area (Å²) in [5.41, 5.74) is 0.583. The molecule has 0 bridgehead atoms. The molecule has 0 aromatic heterocycles. The van der Waals surface area contributed by atoms with Gasteiger partial charge in [-0.15, -0.1) is 11.6 Å². The lowest BCUT2D eigenvalue weighted by atomic mass is 9.83. The quantitative estimate of drug-likeness (QED) is 0.680. The summed E-state index contributed by atoms with van der Waals surface area (Å²) in [4.78, 5) is 0. The average molecular weight is 249 g/mol. The Morgan fingerprint density at radius 3 is 2.60 bits per heavy atom. The van der Waals surface area contributed by atoms with Crippen molar-refractivity contribution in [1.82, 2.24) is 0 Å². The topological polar surface area (TPSA) is 0 Å². The maximum absolute atomic E-state index is 13.5. The van der Waals surface area contributed by atoms with Crippen LogP contribution in [0.25, 0.3) is 0 Å². The Balaban J connectivity index is 2.92. The van der Waals surface area contributed by atoms with Crippen LogP contribution in [0.1, 0.15) is 25.8 Å². The first-order valence-electron chi connectivity index (χ1n) is 5.00. The fourth-order valence-corrected chi connectivity index (χ4v) is 1.88. The van der Waals surface area contributed by atoms with E-state index in [0.29, 0.717) is 22.9 Å². The minimum atomic E-state index is -0.204. The van der Waals surface area contributed by atoms with Gasteiger partial charge in [0, 0.05) is 10.9 Å². The van der Waals surface area contributed by atoms with Crippen LogP contribution < -0.4 is 0 Å². The van der Waals surface area contributed by atoms with Gasteiger partial charge >= 0.3 is 0 Å². The minimum Gasteiger partial charge on any atom is -0.207 e. The molecule has 0 saturated heterocycles. The minimum absolute atomic E-state index is 0.0624. The lowest BCUT2D eigenvalue weighted by Crippen LogP contribution is -2.21. The summed E-state index contributed by atoms with van der Waals surface area (Å²) in [5.74, 6) is 0.319. The molecule has 0 aliphatic carbocycles. The van der Waals surface area contributed by atoms with Gasteiger partial charge in [0.1, 0.15) is 5.82 Å². The van der Waals surface area contributed by atoms with Crippen molar-refractivity contribution in [2.75, 3.05) is 5.88 Å². The summed E-state index contributed by atoms with van der Waals surface area (Å²) >= 11 is 11.7. The molecule has 1 rings (SSSR count). The summed E-state index contributed by atoms with van der Waals surface area (Å²) in [7, 11) is 0. The lowest BCUT2D eigenvalue weighted by Gasteiger charge is -2.25. The molecule has 0 radical (unpaired) electrons. The van der Waals surface area contributed by atoms with Crippen molar-refractivity contribution in [2.45, 2.75) is 26.7 Å². The summed E-state index contributed by atoms with van der Waals surface area (Å²) in [5, 5.41) is 0.569. The van der Waals surface area contributed by atoms with E-state index in [-0.39, 0.29) is 11.2 Å². The van der Waals surface area contributed by atoms with Crippen LogP contribution in [0.3, 0.4) is 0 Å². The van der Waals surface area contributed by atoms with Crippen molar-refractivity contribution < 1.29 is 4.39 Å². The molecule has 0 nitrogen and oxygen atoms in total. The van der Waals surface area contributed by atoms with Crippen LogP contribution in [0.5, 0.6) is 0 Å². The van der Waals surface area contributed by atoms with Crippen LogP contribution in [-0.4, -0.2) is 5.88 Å². The van der Waals surface area contributed by atoms with Crippen molar-refractivity contribution in [1.29, 1.82) is 0 Å². The highest BCUT2D eigenvalue weighted by molar-refractivity contribution is 6.30. The molecule has 0 fully saturated rings. The molecule has 0 heterocycles. The van der Waals surface area contributed by atoms with Crippen molar-refractivity contribution in [3.05, 3.63) is 34.6 Å². The molecule has 3 heteroatoms. The van der Waals surface area contributed by atoms with E-state index in [9.17, 15) is 4.39 Å². The first-order valence-corrected chi connectivity index (χ1v) is 5.92. The molecule has 0 aliphatic heterocycles. The SMILES string of the molecule is CCC(C)(CCl)Cc1cc(Cl)ccc1F. The molecular formula is C12H15Cl2F. The van der Waals surface area contributed by atoms with E-state index in [0.717, 1.165) is 6.42 Å². The predicted octanol–water partition coefficient (Wildman–Crippen LogP) is 4.68. The number of hydrogen-bond acceptors (Lipinski definition) is 0. The number of hydrogen-bond donors (Lipinski definition) is 0. The molecule has 0 aliphatic rings. The summed E-state index contributed by atoms with van der Waals surface area (Å²) in [6, 6.07) is 4.64. The van der Waals surface area contributed by atoms with E-state index >= 15 is 0 Å². The van der Waals surface area contributed by atoms with Gasteiger partial charge in [-0.1, -0.05) is 25.4 Å². The highest BCUT2D eigenvalue weighted by Gasteiger charge is 2.22. The normalized spacial score (nSPS) is 15.0. The molecule has 0 saturated carbocycles. The molecule has 1 aromatic carbocycles. The Morgan fingerprint density at radius 2 is 2.07 bits per heavy atom. The zero-order valence-electron chi connectivity index (χ0n) is 8.99. The Morgan fingerprint density at radius 1 is 1.40 bits per heavy atom. The standard InChI is InChI=1S/C12H15Cl2F/c1-3-12(2,8-13)7-9-6-10(14)4-5-11(9)15/h4-6H,3,7-8H2,1-2H3. The lowest BCUT2D eigenvalue weighted by molar-refractivity contribution is 0.350. The zero-order valence-corrected chi connectivity index (χ0v) is 10.5. The van der Waals surface area contributed by atoms with Crippen LogP contribution in [0.4, 0.5) is 4.39 Å². The molecule has 0 amide bonds. The highest BCUT2D eigenvalue weighted by Crippen LogP contribution is 2.30. The Hall–Kier alpha value is -0.270. The van der Waals surface area contributed by atoms with Crippen molar-refractivity contribution in [3.63, 3.8) is 0 Å². The van der Waals surface area contributed by atoms with E-state index in [4.69, 9.17) is 23.2 Å². The van der Waals surface area contributed by atoms with Gasteiger partial charge in [-0.2, -0.15) is 0 Å². The first kappa shape index (κ1) is 12.8. The van der Waals surface area contributed by atoms with E-state index in [1.165, 1.54) is 6.07 Å². The van der Waals surface area contributed by atoms with E-state index in [1.807, 2.05) is 0 Å². The fourth-order valence-electron chi connectivity index (χ4n) is 1.41. The molecule has 84 valence electrons. The van der Waals surface area contributed by atoms with Gasteiger partial charge in [0.05, 0.1) is 0 Å². The second-order valence-corrected chi connectivity index (χ2v) is 4.91. The molecule has 1 atom stereocenters. The van der Waals surface area contributed by atoms with E-state index in [1.54, 1.807) is 12.1 Å². The molecule has 15 heavy (non-hydrogen) atoms.